The lowest BCUT2D eigenvalue weighted by atomic mass is 9.81. The summed E-state index contributed by atoms with van der Waals surface area (Å²) in [5.41, 5.74) is 1.28. The summed E-state index contributed by atoms with van der Waals surface area (Å²) < 4.78 is 5.20. The third-order valence-electron chi connectivity index (χ3n) is 5.60. The molecular weight excluding hydrogens is 382 g/mol. The van der Waals surface area contributed by atoms with E-state index >= 15 is 0 Å². The van der Waals surface area contributed by atoms with Gasteiger partial charge >= 0.3 is 6.03 Å². The van der Waals surface area contributed by atoms with Crippen LogP contribution in [0.15, 0.2) is 48.5 Å². The minimum absolute atomic E-state index is 0.0710. The van der Waals surface area contributed by atoms with Crippen molar-refractivity contribution in [2.75, 3.05) is 30.8 Å². The van der Waals surface area contributed by atoms with E-state index in [2.05, 4.69) is 17.6 Å². The van der Waals surface area contributed by atoms with Crippen LogP contribution in [0.1, 0.15) is 26.2 Å². The van der Waals surface area contributed by atoms with Gasteiger partial charge in [0.2, 0.25) is 5.91 Å². The molecular formula is C23H29N3O4. The van der Waals surface area contributed by atoms with Gasteiger partial charge in [-0.05, 0) is 42.5 Å². The van der Waals surface area contributed by atoms with Crippen LogP contribution in [0.4, 0.5) is 16.2 Å². The van der Waals surface area contributed by atoms with Crippen LogP contribution >= 0.6 is 0 Å². The van der Waals surface area contributed by atoms with Gasteiger partial charge in [0.1, 0.15) is 11.5 Å². The number of anilines is 2. The largest absolute Gasteiger partial charge is 0.508 e. The van der Waals surface area contributed by atoms with Crippen LogP contribution in [0.3, 0.4) is 0 Å². The molecule has 3 N–H and O–H groups in total. The second-order valence-corrected chi connectivity index (χ2v) is 7.63. The molecule has 1 fully saturated rings. The number of phenols is 1. The van der Waals surface area contributed by atoms with Crippen LogP contribution in [0.5, 0.6) is 11.5 Å². The average molecular weight is 412 g/mol. The van der Waals surface area contributed by atoms with E-state index in [0.29, 0.717) is 36.6 Å². The molecule has 2 aromatic rings. The molecule has 7 heteroatoms. The number of aromatic hydroxyl groups is 1. The third kappa shape index (κ3) is 5.65. The number of nitrogens with zero attached hydrogens (tertiary/aromatic N) is 1. The van der Waals surface area contributed by atoms with Crippen LogP contribution in [0, 0.1) is 11.8 Å². The minimum Gasteiger partial charge on any atom is -0.508 e. The first-order valence-electron chi connectivity index (χ1n) is 10.3. The number of carbonyl (C=O) groups excluding carboxylic acids is 2. The summed E-state index contributed by atoms with van der Waals surface area (Å²) in [4.78, 5) is 27.0. The average Bonchev–Trinajstić information content (AvgIpc) is 2.74. The highest BCUT2D eigenvalue weighted by Crippen LogP contribution is 2.30. The summed E-state index contributed by atoms with van der Waals surface area (Å²) in [7, 11) is 1.59. The zero-order valence-corrected chi connectivity index (χ0v) is 17.4. The maximum atomic E-state index is 12.7. The van der Waals surface area contributed by atoms with E-state index in [1.807, 2.05) is 23.1 Å². The van der Waals surface area contributed by atoms with E-state index in [9.17, 15) is 14.7 Å². The van der Waals surface area contributed by atoms with Gasteiger partial charge in [-0.2, -0.15) is 0 Å². The summed E-state index contributed by atoms with van der Waals surface area (Å²) in [5, 5.41) is 15.3. The van der Waals surface area contributed by atoms with Crippen LogP contribution in [0.25, 0.3) is 0 Å². The van der Waals surface area contributed by atoms with Gasteiger partial charge in [-0.1, -0.05) is 25.5 Å². The number of hydrogen-bond acceptors (Lipinski definition) is 4. The quantitative estimate of drug-likeness (QED) is 0.661. The van der Waals surface area contributed by atoms with Crippen molar-refractivity contribution >= 4 is 23.3 Å². The molecule has 2 atom stereocenters. The Morgan fingerprint density at radius 1 is 1.10 bits per heavy atom. The third-order valence-corrected chi connectivity index (χ3v) is 5.60. The lowest BCUT2D eigenvalue weighted by Crippen LogP contribution is -2.46. The molecule has 7 nitrogen and oxygen atoms in total. The van der Waals surface area contributed by atoms with Crippen molar-refractivity contribution < 1.29 is 19.4 Å². The van der Waals surface area contributed by atoms with Crippen molar-refractivity contribution in [1.29, 1.82) is 0 Å². The van der Waals surface area contributed by atoms with Gasteiger partial charge in [-0.25, -0.2) is 4.79 Å². The molecule has 0 aliphatic carbocycles. The lowest BCUT2D eigenvalue weighted by molar-refractivity contribution is -0.117. The van der Waals surface area contributed by atoms with Gasteiger partial charge in [0.25, 0.3) is 0 Å². The molecule has 3 amide bonds. The normalized spacial score (nSPS) is 18.5. The molecule has 0 saturated carbocycles. The van der Waals surface area contributed by atoms with Crippen molar-refractivity contribution in [3.63, 3.8) is 0 Å². The Bertz CT molecular complexity index is 886. The highest BCUT2D eigenvalue weighted by Gasteiger charge is 2.31. The van der Waals surface area contributed by atoms with Gasteiger partial charge in [0.15, 0.2) is 0 Å². The first-order chi connectivity index (χ1) is 14.5. The minimum atomic E-state index is -0.135. The van der Waals surface area contributed by atoms with Crippen molar-refractivity contribution in [2.45, 2.75) is 26.2 Å². The number of ether oxygens (including phenoxy) is 1. The van der Waals surface area contributed by atoms with Gasteiger partial charge in [-0.15, -0.1) is 0 Å². The summed E-state index contributed by atoms with van der Waals surface area (Å²) in [6.45, 7) is 3.32. The van der Waals surface area contributed by atoms with Crippen molar-refractivity contribution in [3.05, 3.63) is 48.5 Å². The molecule has 3 rings (SSSR count). The van der Waals surface area contributed by atoms with Crippen LogP contribution in [0.2, 0.25) is 0 Å². The first kappa shape index (κ1) is 21.5. The molecule has 1 aliphatic heterocycles. The molecule has 0 radical (unpaired) electrons. The smallest absolute Gasteiger partial charge is 0.321 e. The number of likely N-dealkylation sites (tertiary alicyclic amines) is 1. The Labute approximate surface area is 177 Å². The predicted octanol–water partition coefficient (Wildman–Crippen LogP) is 4.31. The number of phenolic OH excluding ortho intramolecular Hbond substituents is 1. The Kier molecular flexibility index (Phi) is 7.17. The standard InChI is InChI=1S/C23H29N3O4/c1-3-16-15-26(23(29)25-19-7-5-9-21(14-19)30-2)11-10-17(16)12-22(28)24-18-6-4-8-20(27)13-18/h4-9,13-14,16-17,27H,3,10-12,15H2,1-2H3,(H,24,28)(H,25,29)/t16-,17+/m1/s1. The number of nitrogens with one attached hydrogen (secondary N) is 2. The van der Waals surface area contributed by atoms with E-state index in [1.54, 1.807) is 31.4 Å². The van der Waals surface area contributed by atoms with Gasteiger partial charge in [0, 0.05) is 43.0 Å². The maximum Gasteiger partial charge on any atom is 0.321 e. The second-order valence-electron chi connectivity index (χ2n) is 7.63. The predicted molar refractivity (Wildman–Crippen MR) is 117 cm³/mol. The van der Waals surface area contributed by atoms with E-state index in [0.717, 1.165) is 12.8 Å². The zero-order valence-electron chi connectivity index (χ0n) is 17.4. The highest BCUT2D eigenvalue weighted by atomic mass is 16.5. The Morgan fingerprint density at radius 3 is 2.53 bits per heavy atom. The number of urea groups is 1. The number of hydrogen-bond donors (Lipinski definition) is 3. The molecule has 0 spiro atoms. The highest BCUT2D eigenvalue weighted by molar-refractivity contribution is 5.91. The van der Waals surface area contributed by atoms with Crippen LogP contribution < -0.4 is 15.4 Å². The fraction of sp³-hybridized carbons (Fsp3) is 0.391. The number of carbonyl (C=O) groups is 2. The van der Waals surface area contributed by atoms with Gasteiger partial charge < -0.3 is 25.4 Å². The van der Waals surface area contributed by atoms with E-state index in [4.69, 9.17) is 4.74 Å². The number of methoxy groups -OCH3 is 1. The first-order valence-corrected chi connectivity index (χ1v) is 10.3. The number of benzene rings is 2. The SMILES string of the molecule is CC[C@@H]1CN(C(=O)Nc2cccc(OC)c2)CC[C@H]1CC(=O)Nc1cccc(O)c1. The second kappa shape index (κ2) is 10.0. The van der Waals surface area contributed by atoms with Crippen LogP contribution in [-0.2, 0) is 4.79 Å². The maximum absolute atomic E-state index is 12.7. The lowest BCUT2D eigenvalue weighted by Gasteiger charge is -2.38. The monoisotopic (exact) mass is 411 g/mol. The summed E-state index contributed by atoms with van der Waals surface area (Å²) in [6.07, 6.45) is 2.07. The topological polar surface area (TPSA) is 90.9 Å². The van der Waals surface area contributed by atoms with E-state index in [-0.39, 0.29) is 29.5 Å². The Balaban J connectivity index is 1.54. The van der Waals surface area contributed by atoms with Gasteiger partial charge in [0.05, 0.1) is 7.11 Å². The summed E-state index contributed by atoms with van der Waals surface area (Å²) in [5.74, 6) is 1.21. The molecule has 0 bridgehead atoms. The summed E-state index contributed by atoms with van der Waals surface area (Å²) >= 11 is 0. The molecule has 160 valence electrons. The number of amides is 3. The van der Waals surface area contributed by atoms with Gasteiger partial charge in [-0.3, -0.25) is 4.79 Å². The molecule has 0 unspecified atom stereocenters. The molecule has 1 saturated heterocycles. The molecule has 0 aromatic heterocycles. The fourth-order valence-electron chi connectivity index (χ4n) is 3.93. The zero-order chi connectivity index (χ0) is 21.5. The number of piperidine rings is 1. The van der Waals surface area contributed by atoms with E-state index in [1.165, 1.54) is 6.07 Å². The molecule has 30 heavy (non-hydrogen) atoms. The molecule has 2 aromatic carbocycles. The Hall–Kier alpha value is -3.22. The summed E-state index contributed by atoms with van der Waals surface area (Å²) in [6, 6.07) is 13.7. The number of rotatable bonds is 6. The van der Waals surface area contributed by atoms with Crippen molar-refractivity contribution in [1.82, 2.24) is 4.90 Å². The Morgan fingerprint density at radius 2 is 1.83 bits per heavy atom. The van der Waals surface area contributed by atoms with Crippen molar-refractivity contribution in [2.24, 2.45) is 11.8 Å². The fourth-order valence-corrected chi connectivity index (χ4v) is 3.93. The molecule has 1 aliphatic rings. The van der Waals surface area contributed by atoms with Crippen molar-refractivity contribution in [3.8, 4) is 11.5 Å². The van der Waals surface area contributed by atoms with Crippen LogP contribution in [-0.4, -0.2) is 42.1 Å². The van der Waals surface area contributed by atoms with E-state index < -0.39 is 0 Å². The molecule has 1 heterocycles.